The van der Waals surface area contributed by atoms with Crippen LogP contribution >= 0.6 is 0 Å². The fraction of sp³-hybridized carbons (Fsp3) is 0.0625. The van der Waals surface area contributed by atoms with E-state index in [1.54, 1.807) is 6.07 Å². The monoisotopic (exact) mass is 264 g/mol. The summed E-state index contributed by atoms with van der Waals surface area (Å²) in [6.07, 6.45) is 0. The lowest BCUT2D eigenvalue weighted by Crippen LogP contribution is -2.05. The van der Waals surface area contributed by atoms with Crippen LogP contribution in [0, 0.1) is 6.92 Å². The molecule has 0 aliphatic carbocycles. The number of nitrogens with one attached hydrogen (secondary N) is 1. The number of anilines is 1. The number of hydrogen-bond donors (Lipinski definition) is 2. The molecule has 0 spiro atoms. The third-order valence-electron chi connectivity index (χ3n) is 3.74. The smallest absolute Gasteiger partial charge is 0.359 e. The van der Waals surface area contributed by atoms with Crippen molar-refractivity contribution in [1.29, 1.82) is 0 Å². The van der Waals surface area contributed by atoms with E-state index >= 15 is 0 Å². The average Bonchev–Trinajstić information content (AvgIpc) is 2.81. The molecule has 0 saturated carbocycles. The summed E-state index contributed by atoms with van der Waals surface area (Å²) < 4.78 is 5.36. The van der Waals surface area contributed by atoms with Gasteiger partial charge in [-0.25, -0.2) is 4.79 Å². The molecule has 0 fully saturated rings. The van der Waals surface area contributed by atoms with E-state index < -0.39 is 5.63 Å². The van der Waals surface area contributed by atoms with E-state index in [1.807, 2.05) is 31.2 Å². The molecule has 0 amide bonds. The van der Waals surface area contributed by atoms with Gasteiger partial charge in [0.2, 0.25) is 0 Å². The summed E-state index contributed by atoms with van der Waals surface area (Å²) in [6, 6.07) is 11.7. The molecule has 2 aromatic heterocycles. The number of aromatic amines is 1. The third-order valence-corrected chi connectivity index (χ3v) is 3.74. The highest BCUT2D eigenvalue weighted by Crippen LogP contribution is 2.32. The molecule has 4 nitrogen and oxygen atoms in total. The lowest BCUT2D eigenvalue weighted by molar-refractivity contribution is 0.567. The van der Waals surface area contributed by atoms with E-state index in [9.17, 15) is 4.79 Å². The summed E-state index contributed by atoms with van der Waals surface area (Å²) in [5.41, 5.74) is 8.85. The van der Waals surface area contributed by atoms with E-state index in [-0.39, 0.29) is 5.69 Å². The van der Waals surface area contributed by atoms with Gasteiger partial charge in [-0.05, 0) is 18.6 Å². The first-order valence-corrected chi connectivity index (χ1v) is 6.38. The molecule has 0 bridgehead atoms. The Morgan fingerprint density at radius 1 is 1.10 bits per heavy atom. The third kappa shape index (κ3) is 1.33. The molecule has 0 aliphatic heterocycles. The second-order valence-corrected chi connectivity index (χ2v) is 5.02. The molecule has 0 aliphatic rings. The predicted molar refractivity (Wildman–Crippen MR) is 81.0 cm³/mol. The van der Waals surface area contributed by atoms with Crippen molar-refractivity contribution < 1.29 is 4.42 Å². The highest BCUT2D eigenvalue weighted by molar-refractivity contribution is 6.15. The molecule has 4 rings (SSSR count). The first kappa shape index (κ1) is 11.1. The number of aromatic nitrogens is 1. The Balaban J connectivity index is 2.31. The molecule has 0 atom stereocenters. The molecule has 98 valence electrons. The maximum absolute atomic E-state index is 11.7. The maximum atomic E-state index is 11.7. The lowest BCUT2D eigenvalue weighted by atomic mass is 10.1. The fourth-order valence-corrected chi connectivity index (χ4v) is 2.73. The Labute approximate surface area is 113 Å². The van der Waals surface area contributed by atoms with Crippen LogP contribution in [-0.2, 0) is 0 Å². The van der Waals surface area contributed by atoms with Crippen molar-refractivity contribution in [3.05, 3.63) is 52.4 Å². The van der Waals surface area contributed by atoms with Gasteiger partial charge in [-0.2, -0.15) is 0 Å². The molecule has 2 heterocycles. The van der Waals surface area contributed by atoms with Crippen molar-refractivity contribution >= 4 is 38.5 Å². The van der Waals surface area contributed by atoms with Crippen molar-refractivity contribution in [2.75, 3.05) is 5.73 Å². The minimum Gasteiger partial charge on any atom is -0.419 e. The van der Waals surface area contributed by atoms with E-state index in [0.29, 0.717) is 5.58 Å². The number of fused-ring (bicyclic) bond motifs is 5. The number of hydrogen-bond acceptors (Lipinski definition) is 3. The van der Waals surface area contributed by atoms with Crippen LogP contribution < -0.4 is 11.4 Å². The Hall–Kier alpha value is -2.75. The zero-order valence-electron chi connectivity index (χ0n) is 10.9. The second kappa shape index (κ2) is 3.63. The van der Waals surface area contributed by atoms with Gasteiger partial charge in [0, 0.05) is 21.7 Å². The minimum absolute atomic E-state index is 0.129. The molecule has 0 unspecified atom stereocenters. The molecule has 20 heavy (non-hydrogen) atoms. The van der Waals surface area contributed by atoms with Crippen LogP contribution in [0.2, 0.25) is 0 Å². The standard InChI is InChI=1S/C16H12N2O2/c1-8-3-2-4-10-11-6-5-9-7-12(17)16(19)20-15(9)14(11)18-13(8)10/h2-7,18H,17H2,1H3. The van der Waals surface area contributed by atoms with Crippen LogP contribution in [0.3, 0.4) is 0 Å². The maximum Gasteiger partial charge on any atom is 0.359 e. The van der Waals surface area contributed by atoms with Gasteiger partial charge in [-0.1, -0.05) is 30.3 Å². The molecule has 4 aromatic rings. The molecular formula is C16H12N2O2. The lowest BCUT2D eigenvalue weighted by Gasteiger charge is -1.99. The number of para-hydroxylation sites is 1. The Bertz CT molecular complexity index is 1040. The summed E-state index contributed by atoms with van der Waals surface area (Å²) in [4.78, 5) is 15.0. The summed E-state index contributed by atoms with van der Waals surface area (Å²) in [5.74, 6) is 0. The summed E-state index contributed by atoms with van der Waals surface area (Å²) >= 11 is 0. The summed E-state index contributed by atoms with van der Waals surface area (Å²) in [5, 5.41) is 2.99. The first-order chi connectivity index (χ1) is 9.65. The quantitative estimate of drug-likeness (QED) is 0.478. The zero-order valence-corrected chi connectivity index (χ0v) is 10.9. The van der Waals surface area contributed by atoms with Gasteiger partial charge in [0.05, 0.1) is 5.52 Å². The SMILES string of the molecule is Cc1cccc2c1[nH]c1c2ccc2cc(N)c(=O)oc21. The van der Waals surface area contributed by atoms with E-state index in [4.69, 9.17) is 10.2 Å². The van der Waals surface area contributed by atoms with E-state index in [0.717, 1.165) is 32.8 Å². The van der Waals surface area contributed by atoms with Crippen molar-refractivity contribution in [1.82, 2.24) is 4.98 Å². The van der Waals surface area contributed by atoms with Crippen LogP contribution in [0.25, 0.3) is 32.8 Å². The van der Waals surface area contributed by atoms with Gasteiger partial charge in [0.1, 0.15) is 5.69 Å². The van der Waals surface area contributed by atoms with Crippen LogP contribution in [0.4, 0.5) is 5.69 Å². The normalized spacial score (nSPS) is 11.7. The van der Waals surface area contributed by atoms with E-state index in [1.165, 1.54) is 0 Å². The van der Waals surface area contributed by atoms with Crippen LogP contribution in [0.15, 0.2) is 45.6 Å². The Morgan fingerprint density at radius 3 is 2.75 bits per heavy atom. The molecule has 0 saturated heterocycles. The van der Waals surface area contributed by atoms with Gasteiger partial charge in [-0.3, -0.25) is 0 Å². The molecular weight excluding hydrogens is 252 g/mol. The first-order valence-electron chi connectivity index (χ1n) is 6.38. The van der Waals surface area contributed by atoms with Crippen molar-refractivity contribution in [3.8, 4) is 0 Å². The summed E-state index contributed by atoms with van der Waals surface area (Å²) in [7, 11) is 0. The van der Waals surface area contributed by atoms with Gasteiger partial charge in [0.15, 0.2) is 5.58 Å². The minimum atomic E-state index is -0.500. The number of rotatable bonds is 0. The number of nitrogens with two attached hydrogens (primary N) is 1. The van der Waals surface area contributed by atoms with Gasteiger partial charge >= 0.3 is 5.63 Å². The zero-order chi connectivity index (χ0) is 13.9. The highest BCUT2D eigenvalue weighted by Gasteiger charge is 2.11. The Kier molecular flexibility index (Phi) is 2.02. The van der Waals surface area contributed by atoms with Crippen LogP contribution in [0.5, 0.6) is 0 Å². The highest BCUT2D eigenvalue weighted by atomic mass is 16.4. The second-order valence-electron chi connectivity index (χ2n) is 5.02. The number of aryl methyl sites for hydroxylation is 1. The molecule has 2 aromatic carbocycles. The van der Waals surface area contributed by atoms with Crippen LogP contribution in [0.1, 0.15) is 5.56 Å². The number of H-pyrrole nitrogens is 1. The molecule has 0 radical (unpaired) electrons. The molecule has 4 heteroatoms. The van der Waals surface area contributed by atoms with Crippen molar-refractivity contribution in [3.63, 3.8) is 0 Å². The van der Waals surface area contributed by atoms with Gasteiger partial charge in [-0.15, -0.1) is 0 Å². The average molecular weight is 264 g/mol. The fourth-order valence-electron chi connectivity index (χ4n) is 2.73. The van der Waals surface area contributed by atoms with Crippen molar-refractivity contribution in [2.24, 2.45) is 0 Å². The summed E-state index contributed by atoms with van der Waals surface area (Å²) in [6.45, 7) is 2.05. The predicted octanol–water partition coefficient (Wildman–Crippen LogP) is 3.32. The van der Waals surface area contributed by atoms with Crippen LogP contribution in [-0.4, -0.2) is 4.98 Å². The number of nitrogen functional groups attached to an aromatic ring is 1. The largest absolute Gasteiger partial charge is 0.419 e. The molecule has 3 N–H and O–H groups in total. The Morgan fingerprint density at radius 2 is 1.90 bits per heavy atom. The van der Waals surface area contributed by atoms with E-state index in [2.05, 4.69) is 11.1 Å². The topological polar surface area (TPSA) is 72.0 Å². The van der Waals surface area contributed by atoms with Crippen molar-refractivity contribution in [2.45, 2.75) is 6.92 Å². The van der Waals surface area contributed by atoms with Gasteiger partial charge < -0.3 is 15.1 Å². The van der Waals surface area contributed by atoms with Gasteiger partial charge in [0.25, 0.3) is 0 Å². The number of benzene rings is 2.